The van der Waals surface area contributed by atoms with Gasteiger partial charge in [-0.25, -0.2) is 4.39 Å². The molecule has 2 aromatic carbocycles. The van der Waals surface area contributed by atoms with Crippen molar-refractivity contribution in [2.24, 2.45) is 11.3 Å². The van der Waals surface area contributed by atoms with E-state index < -0.39 is 0 Å². The van der Waals surface area contributed by atoms with E-state index in [1.54, 1.807) is 4.90 Å². The third-order valence-corrected chi connectivity index (χ3v) is 10.8. The lowest BCUT2D eigenvalue weighted by molar-refractivity contribution is -0.128. The third kappa shape index (κ3) is 5.13. The van der Waals surface area contributed by atoms with Gasteiger partial charge in [0, 0.05) is 42.5 Å². The number of ether oxygens (including phenoxy) is 1. The molecule has 4 fully saturated rings. The standard InChI is InChI=1S/C36H39FN6O2/c1-2-31(44)43-17-16-42(20-24(43)10-13-38)34-28-9-8-27(25-6-5-7-26-29-18-23(29)19-30(25)26)32(37)33(28)39-35(40-34)45-22-36(11-12-36)21-41-14-3-4-15-41/h2,5-9,23-24,29H,1,3-4,10-12,14-22H2/t23-,24+,29-/m1/s1. The molecule has 5 aliphatic rings. The number of likely N-dealkylation sites (tertiary alicyclic amines) is 1. The number of carbonyl (C=O) groups is 1. The number of fused-ring (bicyclic) bond motifs is 4. The maximum Gasteiger partial charge on any atom is 0.319 e. The summed E-state index contributed by atoms with van der Waals surface area (Å²) in [5, 5.41) is 10.2. The minimum absolute atomic E-state index is 0.100. The van der Waals surface area contributed by atoms with E-state index in [1.165, 1.54) is 36.5 Å². The summed E-state index contributed by atoms with van der Waals surface area (Å²) < 4.78 is 23.1. The van der Waals surface area contributed by atoms with Crippen LogP contribution in [0.25, 0.3) is 22.0 Å². The lowest BCUT2D eigenvalue weighted by Crippen LogP contribution is -2.55. The Morgan fingerprint density at radius 2 is 1.98 bits per heavy atom. The Balaban J connectivity index is 1.17. The molecule has 8 nitrogen and oxygen atoms in total. The highest BCUT2D eigenvalue weighted by atomic mass is 19.1. The zero-order valence-corrected chi connectivity index (χ0v) is 25.7. The van der Waals surface area contributed by atoms with Gasteiger partial charge in [-0.2, -0.15) is 15.2 Å². The number of nitriles is 1. The van der Waals surface area contributed by atoms with Gasteiger partial charge in [0.25, 0.3) is 0 Å². The molecule has 0 spiro atoms. The van der Waals surface area contributed by atoms with Crippen molar-refractivity contribution >= 4 is 22.6 Å². The number of nitrogens with zero attached hydrogens (tertiary/aromatic N) is 6. The van der Waals surface area contributed by atoms with Crippen LogP contribution >= 0.6 is 0 Å². The topological polar surface area (TPSA) is 85.6 Å². The van der Waals surface area contributed by atoms with Gasteiger partial charge in [0.15, 0.2) is 5.82 Å². The van der Waals surface area contributed by atoms with Gasteiger partial charge in [0.1, 0.15) is 11.3 Å². The summed E-state index contributed by atoms with van der Waals surface area (Å²) in [5.74, 6) is 1.35. The fraction of sp³-hybridized carbons (Fsp3) is 0.500. The van der Waals surface area contributed by atoms with Crippen LogP contribution in [0.5, 0.6) is 6.01 Å². The van der Waals surface area contributed by atoms with Crippen LogP contribution < -0.4 is 9.64 Å². The second-order valence-electron chi connectivity index (χ2n) is 13.8. The monoisotopic (exact) mass is 606 g/mol. The van der Waals surface area contributed by atoms with E-state index in [4.69, 9.17) is 14.7 Å². The van der Waals surface area contributed by atoms with E-state index in [-0.39, 0.29) is 41.1 Å². The molecule has 3 heterocycles. The number of hydrogen-bond acceptors (Lipinski definition) is 7. The van der Waals surface area contributed by atoms with Gasteiger partial charge >= 0.3 is 6.01 Å². The zero-order chi connectivity index (χ0) is 30.7. The highest BCUT2D eigenvalue weighted by molar-refractivity contribution is 5.94. The number of anilines is 1. The van der Waals surface area contributed by atoms with Crippen molar-refractivity contribution in [2.45, 2.75) is 56.9 Å². The van der Waals surface area contributed by atoms with E-state index in [2.05, 4.69) is 28.5 Å². The molecule has 1 amide bonds. The number of halogens is 1. The average Bonchev–Trinajstić information content (AvgIpc) is 3.91. The molecule has 2 saturated heterocycles. The third-order valence-electron chi connectivity index (χ3n) is 10.8. The molecule has 0 radical (unpaired) electrons. The van der Waals surface area contributed by atoms with E-state index >= 15 is 4.39 Å². The molecule has 0 bridgehead atoms. The largest absolute Gasteiger partial charge is 0.463 e. The fourth-order valence-electron chi connectivity index (χ4n) is 8.08. The molecular formula is C36H39FN6O2. The number of amides is 1. The first-order valence-corrected chi connectivity index (χ1v) is 16.5. The van der Waals surface area contributed by atoms with E-state index in [0.29, 0.717) is 54.8 Å². The van der Waals surface area contributed by atoms with Crippen LogP contribution in [0.3, 0.4) is 0 Å². The first kappa shape index (κ1) is 28.4. The van der Waals surface area contributed by atoms with Crippen molar-refractivity contribution in [1.82, 2.24) is 19.8 Å². The lowest BCUT2D eigenvalue weighted by Gasteiger charge is -2.41. The molecule has 2 aliphatic heterocycles. The Hall–Kier alpha value is -4.03. The van der Waals surface area contributed by atoms with Crippen LogP contribution in [0.1, 0.15) is 55.6 Å². The van der Waals surface area contributed by atoms with Gasteiger partial charge in [0.05, 0.1) is 25.1 Å². The maximum absolute atomic E-state index is 16.7. The summed E-state index contributed by atoms with van der Waals surface area (Å²) in [5.41, 5.74) is 4.50. The Kier molecular flexibility index (Phi) is 7.01. The Morgan fingerprint density at radius 1 is 1.13 bits per heavy atom. The Bertz CT molecular complexity index is 1720. The molecule has 1 aromatic heterocycles. The second-order valence-corrected chi connectivity index (χ2v) is 13.8. The first-order valence-electron chi connectivity index (χ1n) is 16.5. The number of hydrogen-bond donors (Lipinski definition) is 0. The number of benzene rings is 2. The van der Waals surface area contributed by atoms with E-state index in [9.17, 15) is 10.1 Å². The molecular weight excluding hydrogens is 567 g/mol. The van der Waals surface area contributed by atoms with Crippen LogP contribution in [0.2, 0.25) is 0 Å². The lowest BCUT2D eigenvalue weighted by atomic mass is 9.93. The van der Waals surface area contributed by atoms with Crippen molar-refractivity contribution in [3.8, 4) is 23.2 Å². The number of rotatable bonds is 9. The van der Waals surface area contributed by atoms with Crippen molar-refractivity contribution in [2.75, 3.05) is 50.8 Å². The highest BCUT2D eigenvalue weighted by Crippen LogP contribution is 2.58. The van der Waals surface area contributed by atoms with E-state index in [1.807, 2.05) is 24.3 Å². The fourth-order valence-corrected chi connectivity index (χ4v) is 8.08. The molecule has 2 saturated carbocycles. The average molecular weight is 607 g/mol. The van der Waals surface area contributed by atoms with Gasteiger partial charge in [-0.1, -0.05) is 30.8 Å². The summed E-state index contributed by atoms with van der Waals surface area (Å²) in [6, 6.07) is 12.2. The maximum atomic E-state index is 16.7. The van der Waals surface area contributed by atoms with Crippen LogP contribution in [-0.2, 0) is 11.2 Å². The van der Waals surface area contributed by atoms with Crippen LogP contribution in [0.4, 0.5) is 10.2 Å². The predicted octanol–water partition coefficient (Wildman–Crippen LogP) is 5.47. The Labute approximate surface area is 263 Å². The minimum Gasteiger partial charge on any atom is -0.463 e. The molecule has 9 heteroatoms. The van der Waals surface area contributed by atoms with Crippen molar-refractivity contribution < 1.29 is 13.9 Å². The van der Waals surface area contributed by atoms with Gasteiger partial charge in [-0.15, -0.1) is 0 Å². The molecule has 8 rings (SSSR count). The van der Waals surface area contributed by atoms with Crippen molar-refractivity contribution in [3.05, 3.63) is 59.9 Å². The van der Waals surface area contributed by atoms with Gasteiger partial charge in [-0.3, -0.25) is 4.79 Å². The molecule has 0 unspecified atom stereocenters. The summed E-state index contributed by atoms with van der Waals surface area (Å²) >= 11 is 0. The van der Waals surface area contributed by atoms with Crippen LogP contribution in [0.15, 0.2) is 43.0 Å². The Morgan fingerprint density at radius 3 is 2.76 bits per heavy atom. The smallest absolute Gasteiger partial charge is 0.319 e. The van der Waals surface area contributed by atoms with Crippen molar-refractivity contribution in [1.29, 1.82) is 5.26 Å². The quantitative estimate of drug-likeness (QED) is 0.299. The molecule has 3 aromatic rings. The SMILES string of the molecule is C=CC(=O)N1CCN(c2nc(OCC3(CN4CCCC4)CC3)nc3c(F)c(-c4cccc5c4C[C@H]4C[C@@H]54)ccc23)C[C@@H]1CC#N. The van der Waals surface area contributed by atoms with Gasteiger partial charge < -0.3 is 19.4 Å². The summed E-state index contributed by atoms with van der Waals surface area (Å²) in [6.07, 6.45) is 8.44. The summed E-state index contributed by atoms with van der Waals surface area (Å²) in [4.78, 5) is 28.5. The summed E-state index contributed by atoms with van der Waals surface area (Å²) in [6.45, 7) is 8.74. The van der Waals surface area contributed by atoms with Crippen LogP contribution in [0, 0.1) is 28.5 Å². The minimum atomic E-state index is -0.359. The predicted molar refractivity (Wildman–Crippen MR) is 170 cm³/mol. The molecule has 232 valence electrons. The van der Waals surface area contributed by atoms with Gasteiger partial charge in [0.2, 0.25) is 5.91 Å². The molecule has 45 heavy (non-hydrogen) atoms. The van der Waals surface area contributed by atoms with E-state index in [0.717, 1.165) is 44.5 Å². The van der Waals surface area contributed by atoms with Crippen molar-refractivity contribution in [3.63, 3.8) is 0 Å². The van der Waals surface area contributed by atoms with Gasteiger partial charge in [-0.05, 0) is 92.3 Å². The first-order chi connectivity index (χ1) is 22.0. The summed E-state index contributed by atoms with van der Waals surface area (Å²) in [7, 11) is 0. The zero-order valence-electron chi connectivity index (χ0n) is 25.7. The molecule has 3 atom stereocenters. The number of carbonyl (C=O) groups excluding carboxylic acids is 1. The number of aromatic nitrogens is 2. The number of piperazine rings is 1. The normalized spacial score (nSPS) is 24.7. The van der Waals surface area contributed by atoms with Crippen LogP contribution in [-0.4, -0.2) is 77.6 Å². The highest BCUT2D eigenvalue weighted by Gasteiger charge is 2.46. The second kappa shape index (κ2) is 11.1. The molecule has 3 aliphatic carbocycles. The molecule has 0 N–H and O–H groups in total.